The average molecular weight is 428 g/mol. The second-order valence-electron chi connectivity index (χ2n) is 5.91. The third kappa shape index (κ3) is 5.21. The molecule has 0 aromatic heterocycles. The average Bonchev–Trinajstić information content (AvgIpc) is 2.56. The third-order valence-corrected chi connectivity index (χ3v) is 4.44. The van der Waals surface area contributed by atoms with E-state index in [4.69, 9.17) is 10.5 Å². The minimum Gasteiger partial charge on any atom is -0.494 e. The zero-order valence-corrected chi connectivity index (χ0v) is 17.1. The van der Waals surface area contributed by atoms with Crippen LogP contribution in [0.1, 0.15) is 25.0 Å². The van der Waals surface area contributed by atoms with E-state index in [0.29, 0.717) is 13.2 Å². The van der Waals surface area contributed by atoms with Crippen molar-refractivity contribution in [3.8, 4) is 5.75 Å². The van der Waals surface area contributed by atoms with Crippen LogP contribution in [0.5, 0.6) is 5.75 Å². The van der Waals surface area contributed by atoms with Gasteiger partial charge >= 0.3 is 0 Å². The number of carbonyl (C=O) groups excluding carboxylic acids is 1. The highest BCUT2D eigenvalue weighted by molar-refractivity contribution is 9.10. The van der Waals surface area contributed by atoms with Crippen molar-refractivity contribution in [2.75, 3.05) is 13.7 Å². The largest absolute Gasteiger partial charge is 0.494 e. The zero-order chi connectivity index (χ0) is 17.7. The molecule has 0 aliphatic rings. The third-order valence-electron chi connectivity index (χ3n) is 3.91. The molecular formula is C19H24BrClN2O2. The van der Waals surface area contributed by atoms with Gasteiger partial charge in [0.2, 0.25) is 5.91 Å². The van der Waals surface area contributed by atoms with Crippen molar-refractivity contribution in [3.05, 3.63) is 64.1 Å². The predicted molar refractivity (Wildman–Crippen MR) is 107 cm³/mol. The molecule has 0 fully saturated rings. The SMILES string of the molecule is CCOc1ccccc1CN(C)C(=O)C(C)(N)c1ccc(Br)cc1.Cl. The second-order valence-corrected chi connectivity index (χ2v) is 6.83. The first kappa shape index (κ1) is 21.5. The highest BCUT2D eigenvalue weighted by atomic mass is 79.9. The van der Waals surface area contributed by atoms with Gasteiger partial charge in [-0.3, -0.25) is 4.79 Å². The van der Waals surface area contributed by atoms with E-state index >= 15 is 0 Å². The predicted octanol–water partition coefficient (Wildman–Crippen LogP) is 4.10. The first-order chi connectivity index (χ1) is 11.4. The van der Waals surface area contributed by atoms with Crippen molar-refractivity contribution >= 4 is 34.2 Å². The quantitative estimate of drug-likeness (QED) is 0.755. The van der Waals surface area contributed by atoms with Crippen LogP contribution < -0.4 is 10.5 Å². The Morgan fingerprint density at radius 1 is 1.20 bits per heavy atom. The van der Waals surface area contributed by atoms with Crippen molar-refractivity contribution in [3.63, 3.8) is 0 Å². The summed E-state index contributed by atoms with van der Waals surface area (Å²) in [6, 6.07) is 15.2. The lowest BCUT2D eigenvalue weighted by Gasteiger charge is -2.30. The molecule has 1 amide bonds. The lowest BCUT2D eigenvalue weighted by Crippen LogP contribution is -2.49. The maximum atomic E-state index is 12.9. The van der Waals surface area contributed by atoms with Gasteiger partial charge in [0.05, 0.1) is 6.61 Å². The number of ether oxygens (including phenoxy) is 1. The van der Waals surface area contributed by atoms with Crippen molar-refractivity contribution < 1.29 is 9.53 Å². The number of carbonyl (C=O) groups is 1. The maximum Gasteiger partial charge on any atom is 0.247 e. The van der Waals surface area contributed by atoms with E-state index in [0.717, 1.165) is 21.3 Å². The molecule has 0 saturated heterocycles. The van der Waals surface area contributed by atoms with Gasteiger partial charge in [0.15, 0.2) is 0 Å². The Kier molecular flexibility index (Phi) is 7.93. The van der Waals surface area contributed by atoms with Crippen LogP contribution in [0.15, 0.2) is 53.0 Å². The fraction of sp³-hybridized carbons (Fsp3) is 0.316. The Morgan fingerprint density at radius 3 is 2.40 bits per heavy atom. The van der Waals surface area contributed by atoms with Crippen LogP contribution in [0.25, 0.3) is 0 Å². The minimum atomic E-state index is -1.09. The maximum absolute atomic E-state index is 12.9. The Balaban J connectivity index is 0.00000312. The van der Waals surface area contributed by atoms with Crippen LogP contribution in [0.2, 0.25) is 0 Å². The molecule has 6 heteroatoms. The van der Waals surface area contributed by atoms with E-state index < -0.39 is 5.54 Å². The topological polar surface area (TPSA) is 55.6 Å². The fourth-order valence-electron chi connectivity index (χ4n) is 2.57. The van der Waals surface area contributed by atoms with E-state index in [-0.39, 0.29) is 18.3 Å². The summed E-state index contributed by atoms with van der Waals surface area (Å²) in [6.07, 6.45) is 0. The minimum absolute atomic E-state index is 0. The standard InChI is InChI=1S/C19H23BrN2O2.ClH/c1-4-24-17-8-6-5-7-14(17)13-22(3)18(23)19(2,21)15-9-11-16(20)12-10-15;/h5-12H,4,13,21H2,1-3H3;1H. The Bertz CT molecular complexity index is 705. The number of para-hydroxylation sites is 1. The van der Waals surface area contributed by atoms with E-state index in [1.165, 1.54) is 0 Å². The van der Waals surface area contributed by atoms with Crippen LogP contribution in [-0.2, 0) is 16.9 Å². The Morgan fingerprint density at radius 2 is 1.80 bits per heavy atom. The molecule has 4 nitrogen and oxygen atoms in total. The fourth-order valence-corrected chi connectivity index (χ4v) is 2.84. The number of amides is 1. The number of likely N-dealkylation sites (N-methyl/N-ethyl adjacent to an activating group) is 1. The molecule has 2 N–H and O–H groups in total. The summed E-state index contributed by atoms with van der Waals surface area (Å²) in [4.78, 5) is 14.5. The van der Waals surface area contributed by atoms with E-state index in [9.17, 15) is 4.79 Å². The van der Waals surface area contributed by atoms with Crippen molar-refractivity contribution in [2.45, 2.75) is 25.9 Å². The zero-order valence-electron chi connectivity index (χ0n) is 14.7. The van der Waals surface area contributed by atoms with E-state index in [2.05, 4.69) is 15.9 Å². The van der Waals surface area contributed by atoms with Crippen molar-refractivity contribution in [1.82, 2.24) is 4.90 Å². The number of nitrogens with two attached hydrogens (primary N) is 1. The molecule has 0 bridgehead atoms. The first-order valence-corrected chi connectivity index (χ1v) is 8.66. The smallest absolute Gasteiger partial charge is 0.247 e. The number of hydrogen-bond donors (Lipinski definition) is 1. The summed E-state index contributed by atoms with van der Waals surface area (Å²) >= 11 is 3.40. The van der Waals surface area contributed by atoms with Gasteiger partial charge in [0, 0.05) is 23.6 Å². The molecule has 136 valence electrons. The van der Waals surface area contributed by atoms with Gasteiger partial charge in [-0.2, -0.15) is 0 Å². The lowest BCUT2D eigenvalue weighted by molar-refractivity contribution is -0.136. The molecule has 2 aromatic rings. The highest BCUT2D eigenvalue weighted by Crippen LogP contribution is 2.25. The van der Waals surface area contributed by atoms with E-state index in [1.54, 1.807) is 18.9 Å². The van der Waals surface area contributed by atoms with Crippen LogP contribution >= 0.6 is 28.3 Å². The summed E-state index contributed by atoms with van der Waals surface area (Å²) < 4.78 is 6.58. The molecule has 2 rings (SSSR count). The van der Waals surface area contributed by atoms with Crippen molar-refractivity contribution in [2.24, 2.45) is 5.73 Å². The number of hydrogen-bond acceptors (Lipinski definition) is 3. The van der Waals surface area contributed by atoms with Crippen molar-refractivity contribution in [1.29, 1.82) is 0 Å². The van der Waals surface area contributed by atoms with Crippen LogP contribution in [0, 0.1) is 0 Å². The summed E-state index contributed by atoms with van der Waals surface area (Å²) in [7, 11) is 1.76. The number of benzene rings is 2. The Hall–Kier alpha value is -1.56. The van der Waals surface area contributed by atoms with E-state index in [1.807, 2.05) is 55.5 Å². The summed E-state index contributed by atoms with van der Waals surface area (Å²) in [6.45, 7) is 4.71. The monoisotopic (exact) mass is 426 g/mol. The van der Waals surface area contributed by atoms with Crippen LogP contribution in [0.4, 0.5) is 0 Å². The van der Waals surface area contributed by atoms with Crippen LogP contribution in [-0.4, -0.2) is 24.5 Å². The molecule has 0 radical (unpaired) electrons. The summed E-state index contributed by atoms with van der Waals surface area (Å²) in [5, 5.41) is 0. The second kappa shape index (κ2) is 9.22. The molecular weight excluding hydrogens is 404 g/mol. The normalized spacial score (nSPS) is 12.7. The number of nitrogens with zero attached hydrogens (tertiary/aromatic N) is 1. The summed E-state index contributed by atoms with van der Waals surface area (Å²) in [5.74, 6) is 0.651. The first-order valence-electron chi connectivity index (χ1n) is 7.87. The highest BCUT2D eigenvalue weighted by Gasteiger charge is 2.33. The molecule has 0 aliphatic heterocycles. The number of rotatable bonds is 6. The van der Waals surface area contributed by atoms with Gasteiger partial charge in [-0.1, -0.05) is 46.3 Å². The summed E-state index contributed by atoms with van der Waals surface area (Å²) in [5.41, 5.74) is 7.00. The van der Waals surface area contributed by atoms with Gasteiger partial charge in [-0.15, -0.1) is 12.4 Å². The van der Waals surface area contributed by atoms with Gasteiger partial charge < -0.3 is 15.4 Å². The molecule has 1 unspecified atom stereocenters. The molecule has 0 saturated carbocycles. The van der Waals surface area contributed by atoms with Gasteiger partial charge in [0.1, 0.15) is 11.3 Å². The van der Waals surface area contributed by atoms with Gasteiger partial charge in [-0.05, 0) is 37.6 Å². The molecule has 25 heavy (non-hydrogen) atoms. The molecule has 2 aromatic carbocycles. The van der Waals surface area contributed by atoms with Gasteiger partial charge in [-0.25, -0.2) is 0 Å². The molecule has 0 aliphatic carbocycles. The lowest BCUT2D eigenvalue weighted by atomic mass is 9.91. The van der Waals surface area contributed by atoms with Crippen LogP contribution in [0.3, 0.4) is 0 Å². The van der Waals surface area contributed by atoms with Gasteiger partial charge in [0.25, 0.3) is 0 Å². The molecule has 0 heterocycles. The molecule has 1 atom stereocenters. The Labute approximate surface area is 163 Å². The number of halogens is 2. The molecule has 0 spiro atoms.